The van der Waals surface area contributed by atoms with Gasteiger partial charge in [-0.25, -0.2) is 4.79 Å². The molecule has 0 N–H and O–H groups in total. The topological polar surface area (TPSA) is 32.8 Å². The largest absolute Gasteiger partial charge is 0.453 e. The Hall–Kier alpha value is -2.91. The molecule has 0 saturated heterocycles. The molecule has 204 valence electrons. The Morgan fingerprint density at radius 2 is 1.49 bits per heavy atom. The van der Waals surface area contributed by atoms with Gasteiger partial charge in [-0.3, -0.25) is 4.90 Å². The number of alkyl halides is 6. The quantitative estimate of drug-likeness (QED) is 0.313. The van der Waals surface area contributed by atoms with Gasteiger partial charge in [-0.1, -0.05) is 19.4 Å². The number of methoxy groups -OCH3 is 1. The first-order valence-corrected chi connectivity index (χ1v) is 12.4. The van der Waals surface area contributed by atoms with Gasteiger partial charge in [0.15, 0.2) is 0 Å². The highest BCUT2D eigenvalue weighted by Gasteiger charge is 2.37. The fourth-order valence-corrected chi connectivity index (χ4v) is 4.73. The lowest BCUT2D eigenvalue weighted by atomic mass is 10.0. The molecule has 0 saturated carbocycles. The van der Waals surface area contributed by atoms with Gasteiger partial charge in [-0.2, -0.15) is 26.3 Å². The maximum atomic E-state index is 13.4. The Kier molecular flexibility index (Phi) is 9.02. The zero-order chi connectivity index (χ0) is 27.4. The van der Waals surface area contributed by atoms with Crippen LogP contribution < -0.4 is 4.90 Å². The molecule has 0 radical (unpaired) electrons. The molecule has 0 atom stereocenters. The predicted molar refractivity (Wildman–Crippen MR) is 129 cm³/mol. The number of amides is 1. The van der Waals surface area contributed by atoms with E-state index in [0.29, 0.717) is 18.7 Å². The molecule has 0 unspecified atom stereocenters. The fraction of sp³-hybridized carbons (Fsp3) is 0.519. The summed E-state index contributed by atoms with van der Waals surface area (Å²) in [6.07, 6.45) is -6.01. The van der Waals surface area contributed by atoms with E-state index >= 15 is 0 Å². The number of hydrogen-bond donors (Lipinski definition) is 0. The smallest absolute Gasteiger partial charge is 0.416 e. The SMILES string of the molecule is CCCCN(CC)c1cc2c(cc1CN(Cc1cc(C(F)(F)F)cc(C(F)(F)F)c1)C(=O)OC)CCC2. The average Bonchev–Trinajstić information content (AvgIpc) is 3.29. The molecule has 10 heteroatoms. The Balaban J connectivity index is 2.02. The fourth-order valence-electron chi connectivity index (χ4n) is 4.73. The summed E-state index contributed by atoms with van der Waals surface area (Å²) in [7, 11) is 1.13. The number of benzene rings is 2. The minimum Gasteiger partial charge on any atom is -0.453 e. The standard InChI is InChI=1S/C27H32F6N2O2/c1-4-6-10-34(5-2)24-14-20-9-7-8-19(20)13-21(24)17-35(25(36)37-3)16-18-11-22(26(28,29)30)15-23(12-18)27(31,32)33/h11-15H,4-10,16-17H2,1-3H3. The maximum absolute atomic E-state index is 13.4. The lowest BCUT2D eigenvalue weighted by Crippen LogP contribution is -2.32. The Morgan fingerprint density at radius 1 is 0.892 bits per heavy atom. The van der Waals surface area contributed by atoms with Crippen molar-refractivity contribution in [1.82, 2.24) is 4.90 Å². The summed E-state index contributed by atoms with van der Waals surface area (Å²) in [5.74, 6) is 0. The van der Waals surface area contributed by atoms with Gasteiger partial charge in [0.05, 0.1) is 24.8 Å². The number of ether oxygens (including phenoxy) is 1. The van der Waals surface area contributed by atoms with E-state index in [1.165, 1.54) is 5.56 Å². The Labute approximate surface area is 213 Å². The van der Waals surface area contributed by atoms with Gasteiger partial charge >= 0.3 is 18.4 Å². The highest BCUT2D eigenvalue weighted by Crippen LogP contribution is 2.37. The predicted octanol–water partition coefficient (Wildman–Crippen LogP) is 7.61. The van der Waals surface area contributed by atoms with Gasteiger partial charge in [-0.15, -0.1) is 0 Å². The van der Waals surface area contributed by atoms with E-state index in [9.17, 15) is 31.1 Å². The van der Waals surface area contributed by atoms with Crippen LogP contribution >= 0.6 is 0 Å². The van der Waals surface area contributed by atoms with Gasteiger partial charge in [0, 0.05) is 25.3 Å². The number of hydrogen-bond acceptors (Lipinski definition) is 3. The molecule has 1 aliphatic rings. The Morgan fingerprint density at radius 3 is 2.00 bits per heavy atom. The molecule has 3 rings (SSSR count). The highest BCUT2D eigenvalue weighted by molar-refractivity contribution is 5.68. The number of rotatable bonds is 9. The molecule has 1 aliphatic carbocycles. The van der Waals surface area contributed by atoms with E-state index in [4.69, 9.17) is 4.74 Å². The van der Waals surface area contributed by atoms with Gasteiger partial charge in [0.1, 0.15) is 0 Å². The highest BCUT2D eigenvalue weighted by atomic mass is 19.4. The summed E-state index contributed by atoms with van der Waals surface area (Å²) >= 11 is 0. The maximum Gasteiger partial charge on any atom is 0.416 e. The number of aryl methyl sites for hydroxylation is 2. The van der Waals surface area contributed by atoms with Crippen LogP contribution in [0, 0.1) is 0 Å². The number of anilines is 1. The van der Waals surface area contributed by atoms with E-state index in [1.54, 1.807) is 0 Å². The molecule has 1 amide bonds. The number of carbonyl (C=O) groups excluding carboxylic acids is 1. The zero-order valence-electron chi connectivity index (χ0n) is 21.2. The molecule has 0 aliphatic heterocycles. The number of carbonyl (C=O) groups is 1. The zero-order valence-corrected chi connectivity index (χ0v) is 21.2. The van der Waals surface area contributed by atoms with Gasteiger partial charge < -0.3 is 9.64 Å². The number of unbranched alkanes of at least 4 members (excludes halogenated alkanes) is 1. The van der Waals surface area contributed by atoms with Gasteiger partial charge in [0.25, 0.3) is 0 Å². The molecule has 0 heterocycles. The second kappa shape index (κ2) is 11.6. The molecule has 0 fully saturated rings. The average molecular weight is 531 g/mol. The first-order chi connectivity index (χ1) is 17.4. The number of fused-ring (bicyclic) bond motifs is 1. The minimum absolute atomic E-state index is 0.0183. The molecular formula is C27H32F6N2O2. The first-order valence-electron chi connectivity index (χ1n) is 12.4. The van der Waals surface area contributed by atoms with Crippen LogP contribution in [0.25, 0.3) is 0 Å². The first kappa shape index (κ1) is 28.7. The molecule has 0 spiro atoms. The molecule has 2 aromatic rings. The second-order valence-electron chi connectivity index (χ2n) is 9.28. The van der Waals surface area contributed by atoms with Crippen molar-refractivity contribution in [1.29, 1.82) is 0 Å². The van der Waals surface area contributed by atoms with Crippen molar-refractivity contribution in [3.63, 3.8) is 0 Å². The van der Waals surface area contributed by atoms with Crippen molar-refractivity contribution >= 4 is 11.8 Å². The van der Waals surface area contributed by atoms with E-state index < -0.39 is 36.1 Å². The summed E-state index contributed by atoms with van der Waals surface area (Å²) in [5.41, 5.74) is 0.958. The summed E-state index contributed by atoms with van der Waals surface area (Å²) in [5, 5.41) is 0. The third-order valence-electron chi connectivity index (χ3n) is 6.61. The van der Waals surface area contributed by atoms with Crippen molar-refractivity contribution < 1.29 is 35.9 Å². The van der Waals surface area contributed by atoms with Crippen molar-refractivity contribution in [3.8, 4) is 0 Å². The molecule has 37 heavy (non-hydrogen) atoms. The van der Waals surface area contributed by atoms with Crippen LogP contribution in [-0.4, -0.2) is 31.2 Å². The van der Waals surface area contributed by atoms with Gasteiger partial charge in [-0.05, 0) is 79.1 Å². The van der Waals surface area contributed by atoms with Gasteiger partial charge in [0.2, 0.25) is 0 Å². The summed E-state index contributed by atoms with van der Waals surface area (Å²) < 4.78 is 85.1. The lowest BCUT2D eigenvalue weighted by molar-refractivity contribution is -0.143. The van der Waals surface area contributed by atoms with Crippen molar-refractivity contribution in [2.24, 2.45) is 0 Å². The van der Waals surface area contributed by atoms with Crippen LogP contribution in [0.5, 0.6) is 0 Å². The molecule has 0 bridgehead atoms. The Bertz CT molecular complexity index is 1070. The molecule has 0 aromatic heterocycles. The second-order valence-corrected chi connectivity index (χ2v) is 9.28. The van der Waals surface area contributed by atoms with E-state index in [-0.39, 0.29) is 18.2 Å². The van der Waals surface area contributed by atoms with Crippen LogP contribution in [0.1, 0.15) is 66.5 Å². The van der Waals surface area contributed by atoms with E-state index in [0.717, 1.165) is 67.5 Å². The van der Waals surface area contributed by atoms with Crippen LogP contribution in [0.3, 0.4) is 0 Å². The van der Waals surface area contributed by atoms with Crippen LogP contribution in [-0.2, 0) is 43.0 Å². The number of halogens is 6. The van der Waals surface area contributed by atoms with Crippen molar-refractivity contribution in [2.45, 2.75) is 71.4 Å². The van der Waals surface area contributed by atoms with E-state index in [2.05, 4.69) is 17.9 Å². The normalized spacial score (nSPS) is 13.4. The van der Waals surface area contributed by atoms with Crippen LogP contribution in [0.4, 0.5) is 36.8 Å². The van der Waals surface area contributed by atoms with Crippen LogP contribution in [0.2, 0.25) is 0 Å². The third-order valence-corrected chi connectivity index (χ3v) is 6.61. The molecular weight excluding hydrogens is 498 g/mol. The van der Waals surface area contributed by atoms with E-state index in [1.807, 2.05) is 13.0 Å². The summed E-state index contributed by atoms with van der Waals surface area (Å²) in [4.78, 5) is 16.0. The number of nitrogens with zero attached hydrogens (tertiary/aromatic N) is 2. The molecule has 4 nitrogen and oxygen atoms in total. The third kappa shape index (κ3) is 7.11. The minimum atomic E-state index is -4.97. The van der Waals surface area contributed by atoms with Crippen molar-refractivity contribution in [2.75, 3.05) is 25.1 Å². The lowest BCUT2D eigenvalue weighted by Gasteiger charge is -2.29. The summed E-state index contributed by atoms with van der Waals surface area (Å²) in [6.45, 7) is 5.12. The van der Waals surface area contributed by atoms with Crippen LogP contribution in [0.15, 0.2) is 30.3 Å². The summed E-state index contributed by atoms with van der Waals surface area (Å²) in [6, 6.07) is 5.49. The molecule has 2 aromatic carbocycles. The monoisotopic (exact) mass is 530 g/mol. The van der Waals surface area contributed by atoms with Crippen molar-refractivity contribution in [3.05, 3.63) is 63.7 Å².